The Hall–Kier alpha value is 0.960. The zero-order valence-electron chi connectivity index (χ0n) is 2.88. The van der Waals surface area contributed by atoms with Gasteiger partial charge in [0.15, 0.2) is 0 Å². The quantitative estimate of drug-likeness (QED) is 0.476. The molecular formula is C3H6Br2. The highest BCUT2D eigenvalue weighted by atomic mass is 79.9. The topological polar surface area (TPSA) is 0 Å². The van der Waals surface area contributed by atoms with Gasteiger partial charge in [-0.3, -0.25) is 0 Å². The Balaban J connectivity index is 2.19. The second-order valence-corrected chi connectivity index (χ2v) is 2.32. The molecule has 0 unspecified atom stereocenters. The highest BCUT2D eigenvalue weighted by Crippen LogP contribution is 1.90. The molecule has 0 amide bonds. The van der Waals surface area contributed by atoms with Crippen LogP contribution in [0.25, 0.3) is 0 Å². The minimum absolute atomic E-state index is 1.11. The summed E-state index contributed by atoms with van der Waals surface area (Å²) in [5.41, 5.74) is 0. The number of halogens is 2. The smallest absolute Gasteiger partial charge is 0.00392 e. The Morgan fingerprint density at radius 1 is 1.00 bits per heavy atom. The third-order valence-corrected chi connectivity index (χ3v) is 1.39. The lowest BCUT2D eigenvalue weighted by Crippen LogP contribution is -1.69. The summed E-state index contributed by atoms with van der Waals surface area (Å²) in [5.74, 6) is 0. The van der Waals surface area contributed by atoms with E-state index in [1.165, 1.54) is 6.42 Å². The Kier molecular flexibility index (Phi) is 5.91. The average molecular weight is 203 g/mol. The highest BCUT2D eigenvalue weighted by molar-refractivity contribution is 9.09. The van der Waals surface area contributed by atoms with Gasteiger partial charge in [-0.15, -0.1) is 0 Å². The molecule has 0 atom stereocenters. The lowest BCUT2D eigenvalue weighted by Gasteiger charge is -1.76. The summed E-state index contributed by atoms with van der Waals surface area (Å²) < 4.78 is 0. The molecule has 0 spiro atoms. The van der Waals surface area contributed by atoms with E-state index < -0.39 is 0 Å². The van der Waals surface area contributed by atoms with Crippen LogP contribution in [-0.2, 0) is 0 Å². The molecule has 0 aliphatic heterocycles. The zero-order valence-corrected chi connectivity index (χ0v) is 6.05. The standard InChI is InChI=1S/C3H6Br2/c4-2-1-3-5/h1-3H2/i1+1. The van der Waals surface area contributed by atoms with E-state index in [9.17, 15) is 0 Å². The second kappa shape index (κ2) is 4.96. The van der Waals surface area contributed by atoms with Gasteiger partial charge in [-0.25, -0.2) is 0 Å². The molecule has 0 aromatic heterocycles. The third kappa shape index (κ3) is 4.96. The predicted molar refractivity (Wildman–Crippen MR) is 32.2 cm³/mol. The first kappa shape index (κ1) is 5.96. The van der Waals surface area contributed by atoms with Crippen LogP contribution in [0.1, 0.15) is 6.42 Å². The fourth-order valence-electron chi connectivity index (χ4n) is 0.0505. The van der Waals surface area contributed by atoms with Crippen molar-refractivity contribution in [3.05, 3.63) is 0 Å². The fourth-order valence-corrected chi connectivity index (χ4v) is 1.36. The lowest BCUT2D eigenvalue weighted by molar-refractivity contribution is 1.15. The molecule has 0 aliphatic rings. The van der Waals surface area contributed by atoms with E-state index in [4.69, 9.17) is 0 Å². The van der Waals surface area contributed by atoms with Crippen LogP contribution in [0, 0.1) is 0 Å². The molecule has 0 rings (SSSR count). The first-order valence-corrected chi connectivity index (χ1v) is 3.78. The van der Waals surface area contributed by atoms with E-state index >= 15 is 0 Å². The summed E-state index contributed by atoms with van der Waals surface area (Å²) in [5, 5.41) is 2.22. The molecule has 0 radical (unpaired) electrons. The molecule has 0 heterocycles. The van der Waals surface area contributed by atoms with Crippen molar-refractivity contribution in [3.63, 3.8) is 0 Å². The van der Waals surface area contributed by atoms with Crippen LogP contribution in [0.3, 0.4) is 0 Å². The van der Waals surface area contributed by atoms with Gasteiger partial charge in [0.25, 0.3) is 0 Å². The van der Waals surface area contributed by atoms with Crippen LogP contribution in [0.15, 0.2) is 0 Å². The number of hydrogen-bond donors (Lipinski definition) is 0. The average Bonchev–Trinajstić information content (AvgIpc) is 1.41. The fraction of sp³-hybridized carbons (Fsp3) is 1.00. The largest absolute Gasteiger partial charge is 0.0928 e. The Bertz CT molecular complexity index is 12.4. The maximum absolute atomic E-state index is 3.28. The van der Waals surface area contributed by atoms with Crippen LogP contribution >= 0.6 is 31.9 Å². The first-order valence-electron chi connectivity index (χ1n) is 1.53. The first-order chi connectivity index (χ1) is 2.41. The van der Waals surface area contributed by atoms with Gasteiger partial charge in [-0.1, -0.05) is 31.9 Å². The number of hydrogen-bond acceptors (Lipinski definition) is 0. The SMILES string of the molecule is BrC[13CH2]CBr. The summed E-state index contributed by atoms with van der Waals surface area (Å²) in [6, 6.07) is 0. The van der Waals surface area contributed by atoms with Crippen molar-refractivity contribution < 1.29 is 0 Å². The molecule has 0 bridgehead atoms. The lowest BCUT2D eigenvalue weighted by atomic mass is 11.0. The molecule has 0 nitrogen and oxygen atoms in total. The maximum atomic E-state index is 3.28. The van der Waals surface area contributed by atoms with Crippen molar-refractivity contribution in [1.82, 2.24) is 0 Å². The molecule has 0 N–H and O–H groups in total. The Morgan fingerprint density at radius 2 is 1.40 bits per heavy atom. The molecule has 0 aromatic rings. The summed E-state index contributed by atoms with van der Waals surface area (Å²) in [6.45, 7) is 0. The van der Waals surface area contributed by atoms with E-state index in [1.807, 2.05) is 0 Å². The van der Waals surface area contributed by atoms with Crippen LogP contribution < -0.4 is 0 Å². The van der Waals surface area contributed by atoms with E-state index in [1.54, 1.807) is 0 Å². The van der Waals surface area contributed by atoms with E-state index in [2.05, 4.69) is 31.9 Å². The maximum Gasteiger partial charge on any atom is 0.00392 e. The van der Waals surface area contributed by atoms with Crippen LogP contribution in [-0.4, -0.2) is 10.7 Å². The van der Waals surface area contributed by atoms with E-state index in [0.717, 1.165) is 10.7 Å². The van der Waals surface area contributed by atoms with Gasteiger partial charge in [0, 0.05) is 10.7 Å². The van der Waals surface area contributed by atoms with Crippen molar-refractivity contribution in [2.45, 2.75) is 6.42 Å². The van der Waals surface area contributed by atoms with Crippen LogP contribution in [0.5, 0.6) is 0 Å². The highest BCUT2D eigenvalue weighted by Gasteiger charge is 1.71. The van der Waals surface area contributed by atoms with Crippen molar-refractivity contribution in [2.75, 3.05) is 10.7 Å². The normalized spacial score (nSPS) is 8.40. The summed E-state index contributed by atoms with van der Waals surface area (Å²) in [4.78, 5) is 0. The molecule has 0 saturated carbocycles. The van der Waals surface area contributed by atoms with Crippen molar-refractivity contribution in [2.24, 2.45) is 0 Å². The van der Waals surface area contributed by atoms with Gasteiger partial charge in [0.1, 0.15) is 0 Å². The Labute approximate surface area is 49.2 Å². The van der Waals surface area contributed by atoms with Gasteiger partial charge in [-0.05, 0) is 6.42 Å². The summed E-state index contributed by atoms with van der Waals surface area (Å²) >= 11 is 6.56. The Morgan fingerprint density at radius 3 is 1.40 bits per heavy atom. The van der Waals surface area contributed by atoms with Crippen molar-refractivity contribution in [1.29, 1.82) is 0 Å². The minimum atomic E-state index is 1.11. The van der Waals surface area contributed by atoms with Gasteiger partial charge < -0.3 is 0 Å². The molecule has 5 heavy (non-hydrogen) atoms. The van der Waals surface area contributed by atoms with Crippen LogP contribution in [0.4, 0.5) is 0 Å². The molecule has 0 aliphatic carbocycles. The van der Waals surface area contributed by atoms with Gasteiger partial charge in [-0.2, -0.15) is 0 Å². The van der Waals surface area contributed by atoms with E-state index in [0.29, 0.717) is 0 Å². The molecular weight excluding hydrogens is 197 g/mol. The molecule has 0 saturated heterocycles. The molecule has 0 aromatic carbocycles. The third-order valence-electron chi connectivity index (χ3n) is 0.267. The molecule has 2 heteroatoms. The van der Waals surface area contributed by atoms with E-state index in [-0.39, 0.29) is 0 Å². The van der Waals surface area contributed by atoms with Crippen molar-refractivity contribution in [3.8, 4) is 0 Å². The molecule has 0 fully saturated rings. The second-order valence-electron chi connectivity index (χ2n) is 0.732. The van der Waals surface area contributed by atoms with Gasteiger partial charge in [0.05, 0.1) is 0 Å². The monoisotopic (exact) mass is 201 g/mol. The van der Waals surface area contributed by atoms with Crippen LogP contribution in [0.2, 0.25) is 0 Å². The molecule has 32 valence electrons. The number of alkyl halides is 2. The van der Waals surface area contributed by atoms with Gasteiger partial charge in [0.2, 0.25) is 0 Å². The minimum Gasteiger partial charge on any atom is -0.0928 e. The zero-order chi connectivity index (χ0) is 4.12. The van der Waals surface area contributed by atoms with Crippen molar-refractivity contribution >= 4 is 31.9 Å². The summed E-state index contributed by atoms with van der Waals surface area (Å²) in [6.07, 6.45) is 1.22. The summed E-state index contributed by atoms with van der Waals surface area (Å²) in [7, 11) is 0. The number of rotatable bonds is 2. The van der Waals surface area contributed by atoms with Gasteiger partial charge >= 0.3 is 0 Å². The predicted octanol–water partition coefficient (Wildman–Crippen LogP) is 2.17.